The summed E-state index contributed by atoms with van der Waals surface area (Å²) in [6, 6.07) is 14.0. The molecule has 3 rings (SSSR count). The van der Waals surface area contributed by atoms with Crippen LogP contribution in [0.2, 0.25) is 0 Å². The number of hydrogen-bond acceptors (Lipinski definition) is 4. The van der Waals surface area contributed by atoms with Gasteiger partial charge in [-0.2, -0.15) is 10.2 Å². The number of hydrogen-bond donors (Lipinski definition) is 0. The number of azo groups is 1. The number of rotatable bonds is 3. The number of fused-ring (bicyclic) bond motifs is 1. The van der Waals surface area contributed by atoms with Crippen LogP contribution in [-0.4, -0.2) is 12.9 Å². The van der Waals surface area contributed by atoms with Gasteiger partial charge in [-0.05, 0) is 30.3 Å². The van der Waals surface area contributed by atoms with Crippen LogP contribution in [-0.2, 0) is 0 Å². The van der Waals surface area contributed by atoms with E-state index in [-0.39, 0.29) is 5.78 Å². The van der Waals surface area contributed by atoms with Crippen molar-refractivity contribution in [2.75, 3.05) is 7.11 Å². The summed E-state index contributed by atoms with van der Waals surface area (Å²) in [5, 5.41) is 8.11. The van der Waals surface area contributed by atoms with E-state index in [1.54, 1.807) is 31.4 Å². The fourth-order valence-electron chi connectivity index (χ4n) is 2.10. The van der Waals surface area contributed by atoms with Gasteiger partial charge in [0.2, 0.25) is 0 Å². The minimum atomic E-state index is -0.524. The van der Waals surface area contributed by atoms with E-state index in [1.165, 1.54) is 0 Å². The molecular formula is C15H12N2O2. The van der Waals surface area contributed by atoms with Gasteiger partial charge >= 0.3 is 0 Å². The van der Waals surface area contributed by atoms with E-state index < -0.39 is 6.04 Å². The minimum Gasteiger partial charge on any atom is -0.497 e. The van der Waals surface area contributed by atoms with Crippen LogP contribution >= 0.6 is 0 Å². The van der Waals surface area contributed by atoms with Crippen molar-refractivity contribution in [1.29, 1.82) is 0 Å². The molecule has 4 heteroatoms. The van der Waals surface area contributed by atoms with Crippen molar-refractivity contribution >= 4 is 11.5 Å². The maximum atomic E-state index is 12.4. The third-order valence-corrected chi connectivity index (χ3v) is 3.14. The molecule has 1 heterocycles. The highest BCUT2D eigenvalue weighted by molar-refractivity contribution is 6.01. The highest BCUT2D eigenvalue weighted by Crippen LogP contribution is 2.37. The zero-order chi connectivity index (χ0) is 13.2. The molecule has 1 aliphatic rings. The summed E-state index contributed by atoms with van der Waals surface area (Å²) in [4.78, 5) is 12.4. The number of methoxy groups -OCH3 is 1. The Kier molecular flexibility index (Phi) is 2.83. The predicted octanol–water partition coefficient (Wildman–Crippen LogP) is 3.72. The second-order valence-corrected chi connectivity index (χ2v) is 4.27. The molecule has 0 radical (unpaired) electrons. The second-order valence-electron chi connectivity index (χ2n) is 4.27. The molecule has 1 unspecified atom stereocenters. The van der Waals surface area contributed by atoms with Crippen LogP contribution in [0.25, 0.3) is 0 Å². The lowest BCUT2D eigenvalue weighted by atomic mass is 9.98. The van der Waals surface area contributed by atoms with Gasteiger partial charge in [0.1, 0.15) is 5.75 Å². The van der Waals surface area contributed by atoms with Gasteiger partial charge in [-0.3, -0.25) is 4.79 Å². The van der Waals surface area contributed by atoms with Gasteiger partial charge in [0, 0.05) is 11.1 Å². The van der Waals surface area contributed by atoms with E-state index in [2.05, 4.69) is 10.2 Å². The zero-order valence-corrected chi connectivity index (χ0v) is 10.4. The van der Waals surface area contributed by atoms with Crippen LogP contribution in [0.4, 0.5) is 5.69 Å². The lowest BCUT2D eigenvalue weighted by Crippen LogP contribution is -2.08. The van der Waals surface area contributed by atoms with Gasteiger partial charge in [0.15, 0.2) is 11.8 Å². The Labute approximate surface area is 110 Å². The Balaban J connectivity index is 1.91. The Morgan fingerprint density at radius 2 is 1.84 bits per heavy atom. The molecule has 94 valence electrons. The fraction of sp³-hybridized carbons (Fsp3) is 0.133. The van der Waals surface area contributed by atoms with Crippen LogP contribution < -0.4 is 4.74 Å². The maximum absolute atomic E-state index is 12.4. The van der Waals surface area contributed by atoms with E-state index >= 15 is 0 Å². The number of Topliss-reactive ketones (excluding diaryl/α,β-unsaturated/α-hetero) is 1. The van der Waals surface area contributed by atoms with Crippen molar-refractivity contribution in [1.82, 2.24) is 0 Å². The first kappa shape index (κ1) is 11.6. The first-order chi connectivity index (χ1) is 9.29. The van der Waals surface area contributed by atoms with Gasteiger partial charge < -0.3 is 4.74 Å². The predicted molar refractivity (Wildman–Crippen MR) is 71.0 cm³/mol. The van der Waals surface area contributed by atoms with E-state index in [1.807, 2.05) is 24.3 Å². The molecule has 0 bridgehead atoms. The molecule has 1 aliphatic heterocycles. The molecule has 0 spiro atoms. The monoisotopic (exact) mass is 252 g/mol. The molecule has 0 saturated carbocycles. The average molecular weight is 252 g/mol. The lowest BCUT2D eigenvalue weighted by molar-refractivity contribution is 0.0962. The second kappa shape index (κ2) is 4.65. The molecule has 0 fully saturated rings. The van der Waals surface area contributed by atoms with Crippen molar-refractivity contribution in [3.63, 3.8) is 0 Å². The van der Waals surface area contributed by atoms with Crippen molar-refractivity contribution in [3.8, 4) is 5.75 Å². The molecule has 19 heavy (non-hydrogen) atoms. The topological polar surface area (TPSA) is 51.0 Å². The summed E-state index contributed by atoms with van der Waals surface area (Å²) in [5.41, 5.74) is 2.25. The van der Waals surface area contributed by atoms with Crippen molar-refractivity contribution in [3.05, 3.63) is 59.7 Å². The smallest absolute Gasteiger partial charge is 0.193 e. The molecule has 2 aromatic rings. The standard InChI is InChI=1S/C15H12N2O2/c1-19-11-8-6-10(7-9-11)15(18)14-12-4-2-3-5-13(12)16-17-14/h2-9,14H,1H3. The summed E-state index contributed by atoms with van der Waals surface area (Å²) in [6.07, 6.45) is 0. The highest BCUT2D eigenvalue weighted by atomic mass is 16.5. The summed E-state index contributed by atoms with van der Waals surface area (Å²) < 4.78 is 5.08. The number of nitrogens with zero attached hydrogens (tertiary/aromatic N) is 2. The van der Waals surface area contributed by atoms with Crippen LogP contribution in [0.15, 0.2) is 58.8 Å². The molecule has 0 saturated heterocycles. The Morgan fingerprint density at radius 1 is 1.11 bits per heavy atom. The van der Waals surface area contributed by atoms with E-state index in [0.717, 1.165) is 17.0 Å². The first-order valence-corrected chi connectivity index (χ1v) is 5.97. The van der Waals surface area contributed by atoms with Crippen LogP contribution in [0.1, 0.15) is 22.0 Å². The fourth-order valence-corrected chi connectivity index (χ4v) is 2.10. The van der Waals surface area contributed by atoms with Gasteiger partial charge in [0.05, 0.1) is 12.8 Å². The number of carbonyl (C=O) groups excluding carboxylic acids is 1. The average Bonchev–Trinajstić information content (AvgIpc) is 2.90. The molecule has 0 aromatic heterocycles. The molecule has 4 nitrogen and oxygen atoms in total. The van der Waals surface area contributed by atoms with Gasteiger partial charge in [0.25, 0.3) is 0 Å². The summed E-state index contributed by atoms with van der Waals surface area (Å²) >= 11 is 0. The van der Waals surface area contributed by atoms with Crippen molar-refractivity contribution in [2.45, 2.75) is 6.04 Å². The van der Waals surface area contributed by atoms with Crippen LogP contribution in [0.3, 0.4) is 0 Å². The molecule has 0 N–H and O–H groups in total. The third kappa shape index (κ3) is 2.01. The van der Waals surface area contributed by atoms with E-state index in [4.69, 9.17) is 4.74 Å². The van der Waals surface area contributed by atoms with Crippen molar-refractivity contribution < 1.29 is 9.53 Å². The number of ether oxygens (including phenoxy) is 1. The third-order valence-electron chi connectivity index (χ3n) is 3.14. The largest absolute Gasteiger partial charge is 0.497 e. The van der Waals surface area contributed by atoms with Gasteiger partial charge in [-0.15, -0.1) is 0 Å². The zero-order valence-electron chi connectivity index (χ0n) is 10.4. The molecular weight excluding hydrogens is 240 g/mol. The Morgan fingerprint density at radius 3 is 2.58 bits per heavy atom. The molecule has 0 amide bonds. The SMILES string of the molecule is COc1ccc(C(=O)C2N=Nc3ccccc32)cc1. The Bertz CT molecular complexity index is 647. The van der Waals surface area contributed by atoms with E-state index in [9.17, 15) is 4.79 Å². The minimum absolute atomic E-state index is 0.0450. The normalized spacial score (nSPS) is 16.2. The number of ketones is 1. The van der Waals surface area contributed by atoms with Crippen molar-refractivity contribution in [2.24, 2.45) is 10.2 Å². The van der Waals surface area contributed by atoms with Gasteiger partial charge in [-0.1, -0.05) is 18.2 Å². The van der Waals surface area contributed by atoms with Crippen LogP contribution in [0.5, 0.6) is 5.75 Å². The van der Waals surface area contributed by atoms with E-state index in [0.29, 0.717) is 5.56 Å². The summed E-state index contributed by atoms with van der Waals surface area (Å²) in [7, 11) is 1.60. The first-order valence-electron chi connectivity index (χ1n) is 5.97. The van der Waals surface area contributed by atoms with Crippen LogP contribution in [0, 0.1) is 0 Å². The lowest BCUT2D eigenvalue weighted by Gasteiger charge is -2.07. The molecule has 2 aromatic carbocycles. The highest BCUT2D eigenvalue weighted by Gasteiger charge is 2.27. The summed E-state index contributed by atoms with van der Waals surface area (Å²) in [5.74, 6) is 0.682. The maximum Gasteiger partial charge on any atom is 0.193 e. The number of carbonyl (C=O) groups is 1. The number of benzene rings is 2. The molecule has 0 aliphatic carbocycles. The molecule has 1 atom stereocenters. The summed E-state index contributed by atoms with van der Waals surface area (Å²) in [6.45, 7) is 0. The quantitative estimate of drug-likeness (QED) is 0.782. The Hall–Kier alpha value is -2.49. The van der Waals surface area contributed by atoms with Gasteiger partial charge in [-0.25, -0.2) is 0 Å².